The summed E-state index contributed by atoms with van der Waals surface area (Å²) in [5.74, 6) is -1.08. The largest absolute Gasteiger partial charge is 0.480 e. The van der Waals surface area contributed by atoms with E-state index in [2.05, 4.69) is 0 Å². The summed E-state index contributed by atoms with van der Waals surface area (Å²) in [5.41, 5.74) is 7.43. The van der Waals surface area contributed by atoms with Gasteiger partial charge in [0.05, 0.1) is 0 Å². The van der Waals surface area contributed by atoms with Gasteiger partial charge in [0.1, 0.15) is 6.04 Å². The summed E-state index contributed by atoms with van der Waals surface area (Å²) < 4.78 is 0. The minimum absolute atomic E-state index is 0.132. The molecule has 0 unspecified atom stereocenters. The average molecular weight is 262 g/mol. The van der Waals surface area contributed by atoms with Gasteiger partial charge in [0.25, 0.3) is 0 Å². The predicted molar refractivity (Wildman–Crippen MR) is 70.4 cm³/mol. The van der Waals surface area contributed by atoms with Crippen molar-refractivity contribution in [2.45, 2.75) is 31.8 Å². The molecule has 0 aromatic heterocycles. The zero-order valence-electron chi connectivity index (χ0n) is 10.7. The zero-order chi connectivity index (χ0) is 13.8. The molecule has 1 heterocycles. The maximum atomic E-state index is 12.1. The summed E-state index contributed by atoms with van der Waals surface area (Å²) in [6.45, 7) is 0.810. The van der Waals surface area contributed by atoms with E-state index in [0.717, 1.165) is 11.1 Å². The van der Waals surface area contributed by atoms with Gasteiger partial charge in [-0.3, -0.25) is 4.79 Å². The molecular weight excluding hydrogens is 244 g/mol. The van der Waals surface area contributed by atoms with E-state index in [1.54, 1.807) is 0 Å². The topological polar surface area (TPSA) is 83.6 Å². The van der Waals surface area contributed by atoms with Gasteiger partial charge in [-0.15, -0.1) is 0 Å². The Hall–Kier alpha value is -1.88. The van der Waals surface area contributed by atoms with E-state index in [0.29, 0.717) is 32.4 Å². The Morgan fingerprint density at radius 1 is 1.32 bits per heavy atom. The Labute approximate surface area is 112 Å². The first kappa shape index (κ1) is 13.5. The van der Waals surface area contributed by atoms with Gasteiger partial charge >= 0.3 is 5.97 Å². The number of nitrogens with zero attached hydrogens (tertiary/aromatic N) is 1. The molecule has 102 valence electrons. The number of carbonyl (C=O) groups excluding carboxylic acids is 1. The van der Waals surface area contributed by atoms with Crippen molar-refractivity contribution in [3.05, 3.63) is 35.4 Å². The quantitative estimate of drug-likeness (QED) is 0.839. The van der Waals surface area contributed by atoms with Crippen LogP contribution in [0.25, 0.3) is 0 Å². The SMILES string of the molecule is NCCCC(=O)N1Cc2ccccc2C[C@H]1C(=O)O. The van der Waals surface area contributed by atoms with E-state index in [1.165, 1.54) is 4.90 Å². The maximum absolute atomic E-state index is 12.1. The van der Waals surface area contributed by atoms with Crippen molar-refractivity contribution in [3.8, 4) is 0 Å². The molecule has 2 rings (SSSR count). The van der Waals surface area contributed by atoms with Crippen molar-refractivity contribution in [3.63, 3.8) is 0 Å². The van der Waals surface area contributed by atoms with Crippen LogP contribution < -0.4 is 5.73 Å². The molecule has 5 nitrogen and oxygen atoms in total. The summed E-state index contributed by atoms with van der Waals surface area (Å²) in [6, 6.07) is 6.90. The second kappa shape index (κ2) is 5.84. The number of amides is 1. The average Bonchev–Trinajstić information content (AvgIpc) is 2.43. The van der Waals surface area contributed by atoms with E-state index in [4.69, 9.17) is 5.73 Å². The fraction of sp³-hybridized carbons (Fsp3) is 0.429. The van der Waals surface area contributed by atoms with Gasteiger partial charge in [-0.25, -0.2) is 4.79 Å². The van der Waals surface area contributed by atoms with Crippen molar-refractivity contribution < 1.29 is 14.7 Å². The Morgan fingerprint density at radius 3 is 2.63 bits per heavy atom. The Kier molecular flexibility index (Phi) is 4.16. The highest BCUT2D eigenvalue weighted by Gasteiger charge is 2.33. The highest BCUT2D eigenvalue weighted by Crippen LogP contribution is 2.24. The molecule has 1 amide bonds. The lowest BCUT2D eigenvalue weighted by Crippen LogP contribution is -2.48. The molecule has 1 aromatic carbocycles. The molecule has 1 aliphatic heterocycles. The molecular formula is C14H18N2O3. The number of nitrogens with two attached hydrogens (primary N) is 1. The number of carboxylic acids is 1. The van der Waals surface area contributed by atoms with Crippen molar-refractivity contribution in [2.75, 3.05) is 6.54 Å². The lowest BCUT2D eigenvalue weighted by molar-refractivity contribution is -0.151. The molecule has 0 spiro atoms. The number of carboxylic acid groups (broad SMARTS) is 1. The van der Waals surface area contributed by atoms with Crippen LogP contribution >= 0.6 is 0 Å². The third kappa shape index (κ3) is 2.93. The molecule has 0 fully saturated rings. The monoisotopic (exact) mass is 262 g/mol. The highest BCUT2D eigenvalue weighted by atomic mass is 16.4. The van der Waals surface area contributed by atoms with Crippen molar-refractivity contribution >= 4 is 11.9 Å². The van der Waals surface area contributed by atoms with E-state index >= 15 is 0 Å². The molecule has 0 saturated heterocycles. The van der Waals surface area contributed by atoms with E-state index in [-0.39, 0.29) is 5.91 Å². The number of hydrogen-bond acceptors (Lipinski definition) is 3. The van der Waals surface area contributed by atoms with Gasteiger partial charge in [-0.2, -0.15) is 0 Å². The van der Waals surface area contributed by atoms with Crippen LogP contribution in [0.3, 0.4) is 0 Å². The smallest absolute Gasteiger partial charge is 0.326 e. The first-order valence-corrected chi connectivity index (χ1v) is 6.42. The number of aliphatic carboxylic acids is 1. The van der Waals surface area contributed by atoms with Crippen LogP contribution in [0.2, 0.25) is 0 Å². The molecule has 19 heavy (non-hydrogen) atoms. The fourth-order valence-corrected chi connectivity index (χ4v) is 2.40. The summed E-state index contributed by atoms with van der Waals surface area (Å²) in [6.07, 6.45) is 1.27. The summed E-state index contributed by atoms with van der Waals surface area (Å²) in [7, 11) is 0. The molecule has 3 N–H and O–H groups in total. The lowest BCUT2D eigenvalue weighted by atomic mass is 9.93. The van der Waals surface area contributed by atoms with E-state index < -0.39 is 12.0 Å². The highest BCUT2D eigenvalue weighted by molar-refractivity contribution is 5.84. The summed E-state index contributed by atoms with van der Waals surface area (Å²) >= 11 is 0. The molecule has 5 heteroatoms. The molecule has 0 bridgehead atoms. The van der Waals surface area contributed by atoms with Gasteiger partial charge in [0.15, 0.2) is 0 Å². The van der Waals surface area contributed by atoms with Gasteiger partial charge < -0.3 is 15.7 Å². The van der Waals surface area contributed by atoms with Gasteiger partial charge in [-0.05, 0) is 24.1 Å². The van der Waals surface area contributed by atoms with Crippen molar-refractivity contribution in [1.82, 2.24) is 4.90 Å². The Bertz CT molecular complexity index is 487. The molecule has 1 aliphatic rings. The Balaban J connectivity index is 2.21. The number of hydrogen-bond donors (Lipinski definition) is 2. The first-order chi connectivity index (χ1) is 9.13. The minimum atomic E-state index is -0.949. The van der Waals surface area contributed by atoms with Gasteiger partial charge in [0.2, 0.25) is 5.91 Å². The normalized spacial score (nSPS) is 17.9. The van der Waals surface area contributed by atoms with Crippen LogP contribution in [0.4, 0.5) is 0 Å². The number of rotatable bonds is 4. The number of fused-ring (bicyclic) bond motifs is 1. The standard InChI is InChI=1S/C14H18N2O3/c15-7-3-6-13(17)16-9-11-5-2-1-4-10(11)8-12(16)14(18)19/h1-2,4-5,12H,3,6-9,15H2,(H,18,19)/t12-/m0/s1. The van der Waals surface area contributed by atoms with E-state index in [9.17, 15) is 14.7 Å². The molecule has 0 saturated carbocycles. The third-order valence-corrected chi connectivity index (χ3v) is 3.45. The number of benzene rings is 1. The molecule has 0 aliphatic carbocycles. The maximum Gasteiger partial charge on any atom is 0.326 e. The molecule has 1 atom stereocenters. The second-order valence-corrected chi connectivity index (χ2v) is 4.74. The van der Waals surface area contributed by atoms with Crippen LogP contribution in [0.1, 0.15) is 24.0 Å². The zero-order valence-corrected chi connectivity index (χ0v) is 10.7. The van der Waals surface area contributed by atoms with Crippen LogP contribution in [0.5, 0.6) is 0 Å². The van der Waals surface area contributed by atoms with Crippen molar-refractivity contribution in [2.24, 2.45) is 5.73 Å². The second-order valence-electron chi connectivity index (χ2n) is 4.74. The summed E-state index contributed by atoms with van der Waals surface area (Å²) in [5, 5.41) is 9.29. The summed E-state index contributed by atoms with van der Waals surface area (Å²) in [4.78, 5) is 24.9. The van der Waals surface area contributed by atoms with Crippen molar-refractivity contribution in [1.29, 1.82) is 0 Å². The third-order valence-electron chi connectivity index (χ3n) is 3.45. The molecule has 1 aromatic rings. The van der Waals surface area contributed by atoms with Crippen LogP contribution in [-0.4, -0.2) is 34.5 Å². The Morgan fingerprint density at radius 2 is 2.00 bits per heavy atom. The lowest BCUT2D eigenvalue weighted by Gasteiger charge is -2.34. The minimum Gasteiger partial charge on any atom is -0.480 e. The fourth-order valence-electron chi connectivity index (χ4n) is 2.40. The predicted octanol–water partition coefficient (Wildman–Crippen LogP) is 0.763. The van der Waals surface area contributed by atoms with Crippen LogP contribution in [0.15, 0.2) is 24.3 Å². The van der Waals surface area contributed by atoms with Crippen LogP contribution in [0, 0.1) is 0 Å². The van der Waals surface area contributed by atoms with E-state index in [1.807, 2.05) is 24.3 Å². The first-order valence-electron chi connectivity index (χ1n) is 6.42. The molecule has 0 radical (unpaired) electrons. The van der Waals surface area contributed by atoms with Crippen LogP contribution in [-0.2, 0) is 22.6 Å². The van der Waals surface area contributed by atoms with Gasteiger partial charge in [-0.1, -0.05) is 24.3 Å². The van der Waals surface area contributed by atoms with Gasteiger partial charge in [0, 0.05) is 19.4 Å². The number of carbonyl (C=O) groups is 2.